The third-order valence-corrected chi connectivity index (χ3v) is 5.26. The van der Waals surface area contributed by atoms with Gasteiger partial charge in [0.1, 0.15) is 0 Å². The molecule has 1 saturated carbocycles. The van der Waals surface area contributed by atoms with Crippen LogP contribution >= 0.6 is 0 Å². The number of nitrogens with one attached hydrogen (secondary N) is 1. The van der Waals surface area contributed by atoms with Crippen LogP contribution < -0.4 is 4.90 Å². The first kappa shape index (κ1) is 12.0. The summed E-state index contributed by atoms with van der Waals surface area (Å²) in [6, 6.07) is 14.5. The molecule has 1 spiro atoms. The van der Waals surface area contributed by atoms with Crippen LogP contribution in [0.4, 0.5) is 5.69 Å². The Labute approximate surface area is 127 Å². The van der Waals surface area contributed by atoms with Gasteiger partial charge in [-0.3, -0.25) is 9.89 Å². The highest BCUT2D eigenvalue weighted by atomic mass is 16.2. The van der Waals surface area contributed by atoms with Crippen molar-refractivity contribution in [2.24, 2.45) is 0 Å². The van der Waals surface area contributed by atoms with Crippen LogP contribution in [0.2, 0.25) is 0 Å². The van der Waals surface area contributed by atoms with E-state index < -0.39 is 0 Å². The van der Waals surface area contributed by atoms with E-state index in [-0.39, 0.29) is 17.2 Å². The molecule has 5 rings (SSSR count). The molecule has 1 fully saturated rings. The van der Waals surface area contributed by atoms with Crippen LogP contribution in [0.25, 0.3) is 10.9 Å². The van der Waals surface area contributed by atoms with E-state index in [2.05, 4.69) is 34.5 Å². The predicted octanol–water partition coefficient (Wildman–Crippen LogP) is 2.96. The molecule has 2 aliphatic rings. The number of likely N-dealkylation sites (N-methyl/N-ethyl adjacent to an activating group) is 1. The smallest absolute Gasteiger partial charge is 0.238 e. The molecule has 4 nitrogen and oxygen atoms in total. The molecule has 4 heteroatoms. The minimum absolute atomic E-state index is 0.225. The summed E-state index contributed by atoms with van der Waals surface area (Å²) < 4.78 is 0. The van der Waals surface area contributed by atoms with Crippen LogP contribution in [0.5, 0.6) is 0 Å². The number of fused-ring (bicyclic) bond motifs is 3. The lowest BCUT2D eigenvalue weighted by Crippen LogP contribution is -2.29. The molecule has 1 amide bonds. The maximum atomic E-state index is 12.8. The Morgan fingerprint density at radius 1 is 1.27 bits per heavy atom. The van der Waals surface area contributed by atoms with Gasteiger partial charge in [0.2, 0.25) is 5.91 Å². The van der Waals surface area contributed by atoms with E-state index in [1.165, 1.54) is 11.1 Å². The number of benzene rings is 2. The number of aromatic amines is 1. The second-order valence-corrected chi connectivity index (χ2v) is 6.33. The van der Waals surface area contributed by atoms with Crippen molar-refractivity contribution in [3.8, 4) is 0 Å². The maximum Gasteiger partial charge on any atom is 0.238 e. The minimum atomic E-state index is -0.348. The molecule has 22 heavy (non-hydrogen) atoms. The number of carbonyl (C=O) groups excluding carboxylic acids is 1. The SMILES string of the molecule is CN1C(=O)C2(CC2c2ccc3cn[nH]c3c2)c2ccccc21. The molecule has 0 saturated heterocycles. The Kier molecular flexibility index (Phi) is 2.05. The average Bonchev–Trinajstić information content (AvgIpc) is 3.07. The first-order chi connectivity index (χ1) is 10.7. The van der Waals surface area contributed by atoms with E-state index in [0.29, 0.717) is 0 Å². The monoisotopic (exact) mass is 289 g/mol. The lowest BCUT2D eigenvalue weighted by molar-refractivity contribution is -0.120. The zero-order valence-electron chi connectivity index (χ0n) is 12.2. The van der Waals surface area contributed by atoms with Gasteiger partial charge < -0.3 is 4.90 Å². The fourth-order valence-corrected chi connectivity index (χ4v) is 4.04. The second-order valence-electron chi connectivity index (χ2n) is 6.33. The summed E-state index contributed by atoms with van der Waals surface area (Å²) in [6.45, 7) is 0. The van der Waals surface area contributed by atoms with Crippen LogP contribution in [0, 0.1) is 0 Å². The summed E-state index contributed by atoms with van der Waals surface area (Å²) in [7, 11) is 1.88. The van der Waals surface area contributed by atoms with E-state index in [9.17, 15) is 4.79 Å². The summed E-state index contributed by atoms with van der Waals surface area (Å²) in [4.78, 5) is 14.7. The lowest BCUT2D eigenvalue weighted by Gasteiger charge is -2.11. The normalized spacial score (nSPS) is 26.0. The van der Waals surface area contributed by atoms with Crippen LogP contribution in [0.15, 0.2) is 48.7 Å². The minimum Gasteiger partial charge on any atom is -0.314 e. The van der Waals surface area contributed by atoms with Gasteiger partial charge in [0.05, 0.1) is 17.1 Å². The van der Waals surface area contributed by atoms with E-state index in [0.717, 1.165) is 23.0 Å². The highest BCUT2D eigenvalue weighted by Crippen LogP contribution is 2.66. The Bertz CT molecular complexity index is 929. The molecule has 2 aromatic carbocycles. The highest BCUT2D eigenvalue weighted by molar-refractivity contribution is 6.11. The quantitative estimate of drug-likeness (QED) is 0.748. The third-order valence-electron chi connectivity index (χ3n) is 5.26. The molecule has 1 aliphatic heterocycles. The van der Waals surface area contributed by atoms with Gasteiger partial charge in [0.15, 0.2) is 0 Å². The molecule has 2 unspecified atom stereocenters. The Morgan fingerprint density at radius 3 is 3.05 bits per heavy atom. The number of aromatic nitrogens is 2. The van der Waals surface area contributed by atoms with Crippen LogP contribution in [-0.4, -0.2) is 23.2 Å². The lowest BCUT2D eigenvalue weighted by atomic mass is 9.92. The number of carbonyl (C=O) groups is 1. The maximum absolute atomic E-state index is 12.8. The number of amides is 1. The van der Waals surface area contributed by atoms with Gasteiger partial charge in [0, 0.05) is 24.0 Å². The number of hydrogen-bond donors (Lipinski definition) is 1. The summed E-state index contributed by atoms with van der Waals surface area (Å²) in [5, 5.41) is 8.19. The number of hydrogen-bond acceptors (Lipinski definition) is 2. The van der Waals surface area contributed by atoms with Crippen LogP contribution in [0.1, 0.15) is 23.5 Å². The van der Waals surface area contributed by atoms with Gasteiger partial charge in [-0.1, -0.05) is 30.3 Å². The zero-order valence-corrected chi connectivity index (χ0v) is 12.2. The van der Waals surface area contributed by atoms with Crippen molar-refractivity contribution in [1.29, 1.82) is 0 Å². The number of rotatable bonds is 1. The van der Waals surface area contributed by atoms with Crippen molar-refractivity contribution >= 4 is 22.5 Å². The van der Waals surface area contributed by atoms with E-state index in [4.69, 9.17) is 0 Å². The summed E-state index contributed by atoms with van der Waals surface area (Å²) in [6.07, 6.45) is 2.72. The summed E-state index contributed by atoms with van der Waals surface area (Å²) in [5.41, 5.74) is 4.13. The second kappa shape index (κ2) is 3.77. The van der Waals surface area contributed by atoms with Gasteiger partial charge in [-0.25, -0.2) is 0 Å². The summed E-state index contributed by atoms with van der Waals surface area (Å²) in [5.74, 6) is 0.488. The van der Waals surface area contributed by atoms with E-state index in [1.54, 1.807) is 0 Å². The van der Waals surface area contributed by atoms with Crippen molar-refractivity contribution in [2.45, 2.75) is 17.8 Å². The molecule has 3 aromatic rings. The number of nitrogens with zero attached hydrogens (tertiary/aromatic N) is 2. The van der Waals surface area contributed by atoms with Gasteiger partial charge >= 0.3 is 0 Å². The molecule has 2 atom stereocenters. The Balaban J connectivity index is 1.64. The molecule has 108 valence electrons. The topological polar surface area (TPSA) is 49.0 Å². The largest absolute Gasteiger partial charge is 0.314 e. The van der Waals surface area contributed by atoms with Crippen molar-refractivity contribution in [3.05, 3.63) is 59.8 Å². The van der Waals surface area contributed by atoms with Gasteiger partial charge in [-0.2, -0.15) is 5.10 Å². The summed E-state index contributed by atoms with van der Waals surface area (Å²) >= 11 is 0. The van der Waals surface area contributed by atoms with Crippen molar-refractivity contribution in [2.75, 3.05) is 11.9 Å². The fourth-order valence-electron chi connectivity index (χ4n) is 4.04. The van der Waals surface area contributed by atoms with E-state index in [1.807, 2.05) is 36.3 Å². The van der Waals surface area contributed by atoms with Crippen molar-refractivity contribution < 1.29 is 4.79 Å². The van der Waals surface area contributed by atoms with Gasteiger partial charge in [-0.15, -0.1) is 0 Å². The highest BCUT2D eigenvalue weighted by Gasteiger charge is 2.66. The molecule has 0 bridgehead atoms. The zero-order chi connectivity index (χ0) is 14.9. The van der Waals surface area contributed by atoms with E-state index >= 15 is 0 Å². The van der Waals surface area contributed by atoms with Crippen molar-refractivity contribution in [3.63, 3.8) is 0 Å². The third kappa shape index (κ3) is 1.28. The molecule has 1 aromatic heterocycles. The molecule has 1 N–H and O–H groups in total. The van der Waals surface area contributed by atoms with Gasteiger partial charge in [0.25, 0.3) is 0 Å². The molecule has 1 aliphatic carbocycles. The van der Waals surface area contributed by atoms with Crippen molar-refractivity contribution in [1.82, 2.24) is 10.2 Å². The molecule has 0 radical (unpaired) electrons. The molecule has 2 heterocycles. The molecular weight excluding hydrogens is 274 g/mol. The van der Waals surface area contributed by atoms with Gasteiger partial charge in [-0.05, 0) is 29.7 Å². The average molecular weight is 289 g/mol. The van der Waals surface area contributed by atoms with Crippen LogP contribution in [-0.2, 0) is 10.2 Å². The predicted molar refractivity (Wildman–Crippen MR) is 85.0 cm³/mol. The number of anilines is 1. The fraction of sp³-hybridized carbons (Fsp3) is 0.222. The molecular formula is C18H15N3O. The first-order valence-electron chi connectivity index (χ1n) is 7.52. The van der Waals surface area contributed by atoms with Crippen LogP contribution in [0.3, 0.4) is 0 Å². The standard InChI is InChI=1S/C18H15N3O/c1-21-16-5-3-2-4-13(16)18(17(21)22)9-14(18)11-6-7-12-10-19-20-15(12)8-11/h2-8,10,14H,9H2,1H3,(H,19,20). The number of para-hydroxylation sites is 1. The Morgan fingerprint density at radius 2 is 2.14 bits per heavy atom. The number of H-pyrrole nitrogens is 1. The first-order valence-corrected chi connectivity index (χ1v) is 7.52. The Hall–Kier alpha value is -2.62.